The fraction of sp³-hybridized carbons (Fsp3) is 0. The zero-order valence-corrected chi connectivity index (χ0v) is 21.4. The van der Waals surface area contributed by atoms with Crippen molar-refractivity contribution in [1.82, 2.24) is 15.0 Å². The molecule has 0 fully saturated rings. The van der Waals surface area contributed by atoms with Crippen LogP contribution in [0.3, 0.4) is 0 Å². The lowest BCUT2D eigenvalue weighted by molar-refractivity contribution is 0.669. The molecular weight excluding hydrogens is 486 g/mol. The van der Waals surface area contributed by atoms with Crippen molar-refractivity contribution in [2.24, 2.45) is 0 Å². The van der Waals surface area contributed by atoms with Crippen molar-refractivity contribution in [3.63, 3.8) is 0 Å². The highest BCUT2D eigenvalue weighted by molar-refractivity contribution is 8.07. The van der Waals surface area contributed by atoms with Crippen molar-refractivity contribution in [2.75, 3.05) is 0 Å². The highest BCUT2D eigenvalue weighted by atomic mass is 35.5. The van der Waals surface area contributed by atoms with Crippen molar-refractivity contribution in [3.05, 3.63) is 78.0 Å². The Morgan fingerprint density at radius 1 is 0.769 bits per heavy atom. The number of rotatable bonds is 7. The van der Waals surface area contributed by atoms with E-state index in [0.717, 1.165) is 10.8 Å². The molecule has 4 nitrogen and oxygen atoms in total. The highest BCUT2D eigenvalue weighted by Gasteiger charge is 2.32. The first-order chi connectivity index (χ1) is 20.8. The Kier molecular flexibility index (Phi) is 7.96. The monoisotopic (exact) mass is 505 g/mol. The molecule has 0 amide bonds. The van der Waals surface area contributed by atoms with Gasteiger partial charge >= 0.3 is 0 Å². The normalized spacial score (nSPS) is 12.2. The van der Waals surface area contributed by atoms with Gasteiger partial charge in [-0.3, -0.25) is 0 Å². The van der Waals surface area contributed by atoms with E-state index in [9.17, 15) is 0 Å². The quantitative estimate of drug-likeness (QED) is 0.309. The van der Waals surface area contributed by atoms with E-state index in [4.69, 9.17) is 77.0 Å². The molecule has 0 spiro atoms. The number of benzene rings is 3. The van der Waals surface area contributed by atoms with Gasteiger partial charge in [0.2, 0.25) is 5.28 Å². The third-order valence-electron chi connectivity index (χ3n) is 5.98. The van der Waals surface area contributed by atoms with Gasteiger partial charge in [0.05, 0.1) is 6.85 Å². The molecule has 0 aliphatic rings. The molecule has 0 saturated carbocycles. The molecule has 0 aliphatic carbocycles. The van der Waals surface area contributed by atoms with E-state index < -0.39 is 55.8 Å². The summed E-state index contributed by atoms with van der Waals surface area (Å²) in [5, 5.41) is 1.50. The molecule has 163 valence electrons. The molecule has 5 rings (SSSR count). The Bertz CT molecular complexity index is 1780. The first kappa shape index (κ1) is 23.3. The lowest BCUT2D eigenvalue weighted by atomic mass is 8.50. The second kappa shape index (κ2) is 13.3. The summed E-state index contributed by atoms with van der Waals surface area (Å²) in [7, 11) is 39.5. The summed E-state index contributed by atoms with van der Waals surface area (Å²) in [5.41, 5.74) is 1.83. The second-order valence-corrected chi connectivity index (χ2v) is 8.95. The van der Waals surface area contributed by atoms with E-state index in [1.807, 2.05) is 36.4 Å². The molecule has 3 aromatic carbocycles. The van der Waals surface area contributed by atoms with E-state index in [1.54, 1.807) is 6.07 Å². The van der Waals surface area contributed by atoms with Gasteiger partial charge < -0.3 is 4.42 Å². The average Bonchev–Trinajstić information content (AvgIpc) is 3.36. The molecule has 0 bridgehead atoms. The van der Waals surface area contributed by atoms with Crippen molar-refractivity contribution in [1.29, 1.82) is 0 Å². The highest BCUT2D eigenvalue weighted by Crippen LogP contribution is 2.35. The number of nitrogens with zero attached hydrogens (tertiary/aromatic N) is 3. The number of aromatic nitrogens is 3. The first-order valence-electron chi connectivity index (χ1n) is 14.3. The van der Waals surface area contributed by atoms with Crippen molar-refractivity contribution in [3.8, 4) is 22.8 Å². The molecule has 0 saturated heterocycles. The van der Waals surface area contributed by atoms with Crippen LogP contribution in [0.25, 0.3) is 44.7 Å². The van der Waals surface area contributed by atoms with Crippen LogP contribution in [-0.4, -0.2) is 108 Å². The molecule has 18 heteroatoms. The second-order valence-electron chi connectivity index (χ2n) is 8.61. The van der Waals surface area contributed by atoms with Crippen LogP contribution in [-0.2, 0) is 0 Å². The molecular formula is C21H12B13ClN3O. The van der Waals surface area contributed by atoms with Crippen molar-refractivity contribution in [2.45, 2.75) is 0 Å². The maximum Gasteiger partial charge on any atom is 0.226 e. The van der Waals surface area contributed by atoms with Crippen LogP contribution in [0.4, 0.5) is 0 Å². The van der Waals surface area contributed by atoms with E-state index in [-0.39, 0.29) is 28.9 Å². The summed E-state index contributed by atoms with van der Waals surface area (Å²) in [5.74, 6) is 0.107. The van der Waals surface area contributed by atoms with Crippen LogP contribution < -0.4 is 0 Å². The fourth-order valence-electron chi connectivity index (χ4n) is 4.19. The third kappa shape index (κ3) is 6.85. The van der Waals surface area contributed by atoms with E-state index in [0.29, 0.717) is 16.7 Å². The minimum Gasteiger partial charge on any atom is -0.456 e. The summed E-state index contributed by atoms with van der Waals surface area (Å²) in [6, 6.07) is 10.7. The molecule has 0 aliphatic heterocycles. The number of halogens is 1. The summed E-state index contributed by atoms with van der Waals surface area (Å²) in [6.07, 6.45) is -2.87. The van der Waals surface area contributed by atoms with Crippen LogP contribution >= 0.6 is 11.6 Å². The lowest BCUT2D eigenvalue weighted by Crippen LogP contribution is -2.69. The maximum atomic E-state index is 8.20. The Hall–Kier alpha value is -2.40. The minimum atomic E-state index is -0.695. The van der Waals surface area contributed by atoms with Gasteiger partial charge in [-0.2, -0.15) is 9.97 Å². The predicted molar refractivity (Wildman–Crippen MR) is 178 cm³/mol. The SMILES string of the molecule is [2H]c1c([2H])c([2H])c(-c2nc(Cl)nc(-c3cccc4oc5ccccc5c34)n2)c([2H])c1[2H].[B][B]B(B([B])[B])B(B([B])[B])B([B])[B]. The number of hydrogen-bond acceptors (Lipinski definition) is 4. The van der Waals surface area contributed by atoms with Crippen molar-refractivity contribution >= 4 is 127 Å². The van der Waals surface area contributed by atoms with E-state index >= 15 is 0 Å². The standard InChI is InChI=1S/C21H12ClN3O.B13/c22-21-24-19(13-7-2-1-3-8-13)23-20(25-21)15-10-6-12-17-18(15)14-9-4-5-11-16(14)26-17;1-8-12(9(2)3)13(10(4)5)11(6)7/h1-12H;/i1D,2D,3D,7D,8D;. The van der Waals surface area contributed by atoms with Gasteiger partial charge in [-0.25, -0.2) is 4.98 Å². The molecule has 39 heavy (non-hydrogen) atoms. The van der Waals surface area contributed by atoms with Crippen LogP contribution in [0.15, 0.2) is 77.1 Å². The van der Waals surface area contributed by atoms with Gasteiger partial charge in [0.1, 0.15) is 11.2 Å². The van der Waals surface area contributed by atoms with Crippen LogP contribution in [0.5, 0.6) is 0 Å². The summed E-state index contributed by atoms with van der Waals surface area (Å²) < 4.78 is 45.9. The Labute approximate surface area is 253 Å². The van der Waals surface area contributed by atoms with E-state index in [1.165, 1.54) is 7.06 Å². The Balaban J connectivity index is 0.000000289. The summed E-state index contributed by atoms with van der Waals surface area (Å²) in [4.78, 5) is 12.7. The van der Waals surface area contributed by atoms with Gasteiger partial charge in [-0.1, -0.05) is 60.5 Å². The number of furan rings is 1. The number of hydrogen-bond donors (Lipinski definition) is 0. The van der Waals surface area contributed by atoms with Gasteiger partial charge in [-0.15, -0.1) is 0 Å². The van der Waals surface area contributed by atoms with Gasteiger partial charge in [0.15, 0.2) is 11.6 Å². The third-order valence-corrected chi connectivity index (χ3v) is 6.14. The molecule has 0 N–H and O–H groups in total. The Morgan fingerprint density at radius 2 is 1.41 bits per heavy atom. The smallest absolute Gasteiger partial charge is 0.226 e. The molecule has 5 aromatic rings. The number of fused-ring (bicyclic) bond motifs is 3. The molecule has 2 aromatic heterocycles. The average molecular weight is 503 g/mol. The largest absolute Gasteiger partial charge is 0.456 e. The minimum absolute atomic E-state index is 0.100. The maximum absolute atomic E-state index is 8.20. The Morgan fingerprint density at radius 3 is 2.03 bits per heavy atom. The molecule has 2 heterocycles. The molecule has 0 unspecified atom stereocenters. The number of para-hydroxylation sites is 1. The molecule has 15 radical (unpaired) electrons. The van der Waals surface area contributed by atoms with Gasteiger partial charge in [-0.05, 0) is 23.7 Å². The van der Waals surface area contributed by atoms with Gasteiger partial charge in [0, 0.05) is 115 Å². The lowest BCUT2D eigenvalue weighted by Gasteiger charge is -2.31. The summed E-state index contributed by atoms with van der Waals surface area (Å²) in [6.45, 7) is 0. The zero-order chi connectivity index (χ0) is 32.5. The molecule has 0 atom stereocenters. The van der Waals surface area contributed by atoms with Crippen LogP contribution in [0.2, 0.25) is 5.28 Å². The first-order valence-corrected chi connectivity index (χ1v) is 12.1. The van der Waals surface area contributed by atoms with Crippen LogP contribution in [0, 0.1) is 0 Å². The summed E-state index contributed by atoms with van der Waals surface area (Å²) >= 11 is 6.17. The van der Waals surface area contributed by atoms with Crippen molar-refractivity contribution < 1.29 is 11.3 Å². The van der Waals surface area contributed by atoms with Gasteiger partial charge in [0.25, 0.3) is 0 Å². The van der Waals surface area contributed by atoms with Crippen LogP contribution in [0.1, 0.15) is 6.85 Å². The fourth-order valence-corrected chi connectivity index (χ4v) is 4.35. The predicted octanol–water partition coefficient (Wildman–Crippen LogP) is 0.808. The topological polar surface area (TPSA) is 51.8 Å². The van der Waals surface area contributed by atoms with E-state index in [2.05, 4.69) is 15.0 Å². The zero-order valence-electron chi connectivity index (χ0n) is 25.7.